The molecule has 0 aliphatic heterocycles. The van der Waals surface area contributed by atoms with Crippen molar-refractivity contribution in [2.45, 2.75) is 4.83 Å². The van der Waals surface area contributed by atoms with E-state index in [0.717, 1.165) is 17.1 Å². The number of fused-ring (bicyclic) bond motifs is 1. The van der Waals surface area contributed by atoms with E-state index in [1.807, 2.05) is 18.2 Å². The van der Waals surface area contributed by atoms with E-state index in [2.05, 4.69) is 46.3 Å². The van der Waals surface area contributed by atoms with Gasteiger partial charge >= 0.3 is 0 Å². The molecule has 108 valence electrons. The predicted molar refractivity (Wildman–Crippen MR) is 92.1 cm³/mol. The Balaban J connectivity index is 2.02. The highest BCUT2D eigenvalue weighted by atomic mass is 79.9. The Hall–Kier alpha value is -1.52. The zero-order valence-electron chi connectivity index (χ0n) is 11.8. The molecule has 0 saturated carbocycles. The third-order valence-electron chi connectivity index (χ3n) is 3.41. The molecule has 0 amide bonds. The largest absolute Gasteiger partial charge is 0.497 e. The van der Waals surface area contributed by atoms with Crippen LogP contribution in [0.5, 0.6) is 11.5 Å². The lowest BCUT2D eigenvalue weighted by molar-refractivity contribution is 0.391. The van der Waals surface area contributed by atoms with Crippen molar-refractivity contribution in [1.29, 1.82) is 0 Å². The zero-order valence-corrected chi connectivity index (χ0v) is 14.2. The fourth-order valence-electron chi connectivity index (χ4n) is 2.31. The van der Waals surface area contributed by atoms with Crippen LogP contribution in [-0.2, 0) is 0 Å². The molecule has 1 heterocycles. The molecule has 4 heteroatoms. The minimum atomic E-state index is 0.107. The second-order valence-electron chi connectivity index (χ2n) is 4.66. The van der Waals surface area contributed by atoms with Crippen LogP contribution in [0.1, 0.15) is 15.3 Å². The molecule has 2 nitrogen and oxygen atoms in total. The van der Waals surface area contributed by atoms with Gasteiger partial charge in [0, 0.05) is 21.2 Å². The summed E-state index contributed by atoms with van der Waals surface area (Å²) in [6.07, 6.45) is 0. The molecule has 3 rings (SSSR count). The van der Waals surface area contributed by atoms with Crippen molar-refractivity contribution in [3.05, 3.63) is 59.0 Å². The topological polar surface area (TPSA) is 18.5 Å². The van der Waals surface area contributed by atoms with Crippen LogP contribution in [0.4, 0.5) is 0 Å². The summed E-state index contributed by atoms with van der Waals surface area (Å²) in [5.41, 5.74) is 1.10. The van der Waals surface area contributed by atoms with Gasteiger partial charge in [0.2, 0.25) is 0 Å². The summed E-state index contributed by atoms with van der Waals surface area (Å²) >= 11 is 5.60. The lowest BCUT2D eigenvalue weighted by Gasteiger charge is -2.14. The molecule has 0 N–H and O–H groups in total. The minimum Gasteiger partial charge on any atom is -0.497 e. The van der Waals surface area contributed by atoms with Crippen molar-refractivity contribution >= 4 is 37.4 Å². The van der Waals surface area contributed by atoms with Crippen LogP contribution < -0.4 is 9.47 Å². The summed E-state index contributed by atoms with van der Waals surface area (Å²) in [4.78, 5) is 1.37. The second-order valence-corrected chi connectivity index (χ2v) is 6.69. The van der Waals surface area contributed by atoms with Gasteiger partial charge in [-0.25, -0.2) is 0 Å². The highest BCUT2D eigenvalue weighted by molar-refractivity contribution is 9.09. The number of hydrogen-bond acceptors (Lipinski definition) is 3. The first-order valence-electron chi connectivity index (χ1n) is 6.57. The average Bonchev–Trinajstić information content (AvgIpc) is 2.97. The molecule has 0 aliphatic carbocycles. The number of alkyl halides is 1. The van der Waals surface area contributed by atoms with Crippen LogP contribution in [-0.4, -0.2) is 14.2 Å². The second kappa shape index (κ2) is 6.08. The monoisotopic (exact) mass is 362 g/mol. The molecular weight excluding hydrogens is 348 g/mol. The molecule has 3 aromatic rings. The van der Waals surface area contributed by atoms with Crippen LogP contribution in [0.2, 0.25) is 0 Å². The van der Waals surface area contributed by atoms with Gasteiger partial charge in [0.05, 0.1) is 19.0 Å². The van der Waals surface area contributed by atoms with Gasteiger partial charge in [-0.3, -0.25) is 0 Å². The van der Waals surface area contributed by atoms with Crippen molar-refractivity contribution in [1.82, 2.24) is 0 Å². The van der Waals surface area contributed by atoms with Gasteiger partial charge in [0.25, 0.3) is 0 Å². The van der Waals surface area contributed by atoms with Crippen LogP contribution in [0.25, 0.3) is 10.1 Å². The van der Waals surface area contributed by atoms with Gasteiger partial charge in [0.15, 0.2) is 0 Å². The predicted octanol–water partition coefficient (Wildman–Crippen LogP) is 5.40. The van der Waals surface area contributed by atoms with E-state index in [-0.39, 0.29) is 4.83 Å². The van der Waals surface area contributed by atoms with Crippen LogP contribution in [0.15, 0.2) is 48.5 Å². The highest BCUT2D eigenvalue weighted by Crippen LogP contribution is 2.42. The third kappa shape index (κ3) is 2.78. The number of ether oxygens (including phenoxy) is 2. The molecule has 1 atom stereocenters. The van der Waals surface area contributed by atoms with E-state index in [4.69, 9.17) is 9.47 Å². The number of rotatable bonds is 4. The molecule has 1 unspecified atom stereocenters. The van der Waals surface area contributed by atoms with Gasteiger partial charge in [-0.2, -0.15) is 0 Å². The molecule has 2 aromatic carbocycles. The maximum absolute atomic E-state index is 5.50. The van der Waals surface area contributed by atoms with Gasteiger partial charge < -0.3 is 9.47 Å². The van der Waals surface area contributed by atoms with Gasteiger partial charge in [0.1, 0.15) is 11.5 Å². The Labute approximate surface area is 136 Å². The minimum absolute atomic E-state index is 0.107. The van der Waals surface area contributed by atoms with Crippen LogP contribution in [0, 0.1) is 0 Å². The van der Waals surface area contributed by atoms with E-state index in [1.54, 1.807) is 25.6 Å². The fraction of sp³-hybridized carbons (Fsp3) is 0.176. The van der Waals surface area contributed by atoms with Crippen molar-refractivity contribution in [3.8, 4) is 11.5 Å². The van der Waals surface area contributed by atoms with Crippen molar-refractivity contribution in [2.75, 3.05) is 14.2 Å². The summed E-state index contributed by atoms with van der Waals surface area (Å²) in [6, 6.07) is 16.6. The smallest absolute Gasteiger partial charge is 0.127 e. The van der Waals surface area contributed by atoms with Gasteiger partial charge in [-0.1, -0.05) is 40.2 Å². The van der Waals surface area contributed by atoms with Crippen molar-refractivity contribution in [3.63, 3.8) is 0 Å². The van der Waals surface area contributed by atoms with E-state index in [9.17, 15) is 0 Å². The number of benzene rings is 2. The first kappa shape index (κ1) is 14.4. The zero-order chi connectivity index (χ0) is 14.8. The molecule has 0 fully saturated rings. The quantitative estimate of drug-likeness (QED) is 0.578. The van der Waals surface area contributed by atoms with Crippen molar-refractivity contribution in [2.24, 2.45) is 0 Å². The summed E-state index contributed by atoms with van der Waals surface area (Å²) in [7, 11) is 3.34. The van der Waals surface area contributed by atoms with Gasteiger partial charge in [-0.15, -0.1) is 11.3 Å². The third-order valence-corrected chi connectivity index (χ3v) is 5.88. The number of halogens is 1. The average molecular weight is 363 g/mol. The van der Waals surface area contributed by atoms with E-state index < -0.39 is 0 Å². The fourth-order valence-corrected chi connectivity index (χ4v) is 4.16. The Morgan fingerprint density at radius 1 is 1.00 bits per heavy atom. The highest BCUT2D eigenvalue weighted by Gasteiger charge is 2.18. The molecule has 0 saturated heterocycles. The Morgan fingerprint density at radius 3 is 2.52 bits per heavy atom. The standard InChI is InChI=1S/C17H15BrO2S/c1-19-12-7-8-13(14(10-12)20-2)17(18)16-9-11-5-3-4-6-15(11)21-16/h3-10,17H,1-2H3. The van der Waals surface area contributed by atoms with E-state index in [1.165, 1.54) is 15.0 Å². The molecule has 1 aromatic heterocycles. The molecule has 0 aliphatic rings. The van der Waals surface area contributed by atoms with E-state index in [0.29, 0.717) is 0 Å². The Morgan fingerprint density at radius 2 is 1.81 bits per heavy atom. The summed E-state index contributed by atoms with van der Waals surface area (Å²) in [5.74, 6) is 1.63. The molecular formula is C17H15BrO2S. The normalized spacial score (nSPS) is 12.3. The molecule has 21 heavy (non-hydrogen) atoms. The summed E-state index contributed by atoms with van der Waals surface area (Å²) < 4.78 is 12.0. The van der Waals surface area contributed by atoms with Crippen LogP contribution in [0.3, 0.4) is 0 Å². The Kier molecular flexibility index (Phi) is 4.17. The summed E-state index contributed by atoms with van der Waals surface area (Å²) in [6.45, 7) is 0. The van der Waals surface area contributed by atoms with Crippen molar-refractivity contribution < 1.29 is 9.47 Å². The van der Waals surface area contributed by atoms with Crippen LogP contribution >= 0.6 is 27.3 Å². The first-order chi connectivity index (χ1) is 10.2. The lowest BCUT2D eigenvalue weighted by Crippen LogP contribution is -1.96. The molecule has 0 spiro atoms. The SMILES string of the molecule is COc1ccc(C(Br)c2cc3ccccc3s2)c(OC)c1. The number of hydrogen-bond donors (Lipinski definition) is 0. The van der Waals surface area contributed by atoms with E-state index >= 15 is 0 Å². The molecule has 0 bridgehead atoms. The Bertz CT molecular complexity index is 733. The first-order valence-corrected chi connectivity index (χ1v) is 8.30. The van der Waals surface area contributed by atoms with Gasteiger partial charge in [-0.05, 0) is 23.6 Å². The lowest BCUT2D eigenvalue weighted by atomic mass is 10.1. The number of thiophene rings is 1. The summed E-state index contributed by atoms with van der Waals surface area (Å²) in [5, 5.41) is 1.27. The number of methoxy groups -OCH3 is 2. The maximum Gasteiger partial charge on any atom is 0.127 e. The maximum atomic E-state index is 5.50. The molecule has 0 radical (unpaired) electrons.